The second kappa shape index (κ2) is 4.41. The van der Waals surface area contributed by atoms with Crippen molar-refractivity contribution in [1.82, 2.24) is 0 Å². The summed E-state index contributed by atoms with van der Waals surface area (Å²) in [5, 5.41) is 0. The van der Waals surface area contributed by atoms with Crippen molar-refractivity contribution in [3.05, 3.63) is 12.8 Å². The molecule has 0 aromatic rings. The van der Waals surface area contributed by atoms with E-state index in [0.29, 0.717) is 18.1 Å². The Kier molecular flexibility index (Phi) is 3.48. The highest BCUT2D eigenvalue weighted by Crippen LogP contribution is 2.23. The summed E-state index contributed by atoms with van der Waals surface area (Å²) in [7, 11) is 0. The largest absolute Gasteiger partial charge is 0.375 e. The van der Waals surface area contributed by atoms with Crippen molar-refractivity contribution >= 4 is 6.21 Å². The molecule has 2 heteroatoms. The molecule has 1 rings (SSSR count). The maximum Gasteiger partial charge on any atom is 0.0628 e. The Morgan fingerprint density at radius 2 is 2.17 bits per heavy atom. The molecular weight excluding hydrogens is 150 g/mol. The molecule has 3 atom stereocenters. The van der Waals surface area contributed by atoms with Crippen molar-refractivity contribution in [3.63, 3.8) is 0 Å². The molecule has 0 aliphatic carbocycles. The molecule has 0 unspecified atom stereocenters. The molecule has 0 bridgehead atoms. The van der Waals surface area contributed by atoms with Crippen LogP contribution in [-0.2, 0) is 4.74 Å². The van der Waals surface area contributed by atoms with Crippen molar-refractivity contribution in [2.45, 2.75) is 38.9 Å². The van der Waals surface area contributed by atoms with Crippen LogP contribution < -0.4 is 0 Å². The van der Waals surface area contributed by atoms with Gasteiger partial charge in [0.25, 0.3) is 0 Å². The van der Waals surface area contributed by atoms with Gasteiger partial charge in [-0.05, 0) is 26.7 Å². The molecule has 0 N–H and O–H groups in total. The fraction of sp³-hybridized carbons (Fsp3) is 0.700. The number of aliphatic imine (C=N–C) groups is 1. The second-order valence-corrected chi connectivity index (χ2v) is 3.37. The number of hydrogen-bond donors (Lipinski definition) is 0. The molecule has 68 valence electrons. The minimum Gasteiger partial charge on any atom is -0.375 e. The van der Waals surface area contributed by atoms with Gasteiger partial charge in [-0.2, -0.15) is 0 Å². The van der Waals surface area contributed by atoms with Gasteiger partial charge in [0, 0.05) is 18.3 Å². The smallest absolute Gasteiger partial charge is 0.0628 e. The molecule has 1 fully saturated rings. The summed E-state index contributed by atoms with van der Waals surface area (Å²) in [5.41, 5.74) is 0. The molecule has 1 aliphatic heterocycles. The van der Waals surface area contributed by atoms with Gasteiger partial charge >= 0.3 is 0 Å². The zero-order valence-electron chi connectivity index (χ0n) is 7.86. The predicted molar refractivity (Wildman–Crippen MR) is 51.4 cm³/mol. The molecule has 1 aliphatic rings. The first-order chi connectivity index (χ1) is 5.74. The van der Waals surface area contributed by atoms with Crippen LogP contribution in [-0.4, -0.2) is 18.4 Å². The average Bonchev–Trinajstić information content (AvgIpc) is 2.03. The Labute approximate surface area is 74.3 Å². The van der Waals surface area contributed by atoms with Gasteiger partial charge in [0.2, 0.25) is 0 Å². The van der Waals surface area contributed by atoms with Gasteiger partial charge in [-0.25, -0.2) is 0 Å². The van der Waals surface area contributed by atoms with Crippen LogP contribution in [0.15, 0.2) is 17.8 Å². The molecule has 2 nitrogen and oxygen atoms in total. The van der Waals surface area contributed by atoms with Crippen molar-refractivity contribution in [2.75, 3.05) is 0 Å². The standard InChI is InChI=1S/C10H17NO/c1-4-11-7-10-6-5-8(2)12-9(10)3/h4,7-10H,1,5-6H2,2-3H3/b11-7+/t8-,9+,10+/m0/s1. The summed E-state index contributed by atoms with van der Waals surface area (Å²) in [6, 6.07) is 0. The molecular formula is C10H17NO. The highest BCUT2D eigenvalue weighted by molar-refractivity contribution is 5.62. The van der Waals surface area contributed by atoms with Crippen LogP contribution in [0.3, 0.4) is 0 Å². The van der Waals surface area contributed by atoms with Gasteiger partial charge in [-0.15, -0.1) is 0 Å². The third-order valence-corrected chi connectivity index (χ3v) is 2.34. The van der Waals surface area contributed by atoms with E-state index in [1.165, 1.54) is 6.42 Å². The molecule has 0 aromatic carbocycles. The lowest BCUT2D eigenvalue weighted by Gasteiger charge is -2.30. The Balaban J connectivity index is 2.44. The van der Waals surface area contributed by atoms with E-state index < -0.39 is 0 Å². The topological polar surface area (TPSA) is 21.6 Å². The van der Waals surface area contributed by atoms with E-state index in [1.807, 2.05) is 6.21 Å². The van der Waals surface area contributed by atoms with Crippen LogP contribution in [0, 0.1) is 5.92 Å². The molecule has 0 aromatic heterocycles. The lowest BCUT2D eigenvalue weighted by atomic mass is 9.94. The fourth-order valence-corrected chi connectivity index (χ4v) is 1.56. The van der Waals surface area contributed by atoms with Gasteiger partial charge in [0.05, 0.1) is 12.2 Å². The molecule has 1 heterocycles. The maximum atomic E-state index is 5.67. The quantitative estimate of drug-likeness (QED) is 0.579. The van der Waals surface area contributed by atoms with E-state index >= 15 is 0 Å². The molecule has 0 radical (unpaired) electrons. The van der Waals surface area contributed by atoms with Crippen LogP contribution in [0.2, 0.25) is 0 Å². The first kappa shape index (κ1) is 9.46. The summed E-state index contributed by atoms with van der Waals surface area (Å²) in [5.74, 6) is 0.471. The minimum absolute atomic E-state index is 0.303. The van der Waals surface area contributed by atoms with Gasteiger partial charge in [0.1, 0.15) is 0 Å². The number of ether oxygens (including phenoxy) is 1. The summed E-state index contributed by atoms with van der Waals surface area (Å²) in [4.78, 5) is 4.03. The van der Waals surface area contributed by atoms with Crippen molar-refractivity contribution < 1.29 is 4.74 Å². The van der Waals surface area contributed by atoms with E-state index in [4.69, 9.17) is 4.74 Å². The van der Waals surface area contributed by atoms with E-state index in [0.717, 1.165) is 6.42 Å². The summed E-state index contributed by atoms with van der Waals surface area (Å²) < 4.78 is 5.67. The normalized spacial score (nSPS) is 37.0. The zero-order valence-corrected chi connectivity index (χ0v) is 7.86. The first-order valence-electron chi connectivity index (χ1n) is 4.53. The SMILES string of the molecule is C=C/N=C/[C@H]1CC[C@H](C)O[C@@H]1C. The molecule has 12 heavy (non-hydrogen) atoms. The van der Waals surface area contributed by atoms with Gasteiger partial charge in [-0.3, -0.25) is 4.99 Å². The van der Waals surface area contributed by atoms with E-state index in [-0.39, 0.29) is 0 Å². The third-order valence-electron chi connectivity index (χ3n) is 2.34. The number of nitrogens with zero attached hydrogens (tertiary/aromatic N) is 1. The lowest BCUT2D eigenvalue weighted by molar-refractivity contribution is -0.0456. The van der Waals surface area contributed by atoms with Crippen molar-refractivity contribution in [3.8, 4) is 0 Å². The Morgan fingerprint density at radius 3 is 2.75 bits per heavy atom. The Morgan fingerprint density at radius 1 is 1.42 bits per heavy atom. The minimum atomic E-state index is 0.303. The van der Waals surface area contributed by atoms with Gasteiger partial charge < -0.3 is 4.74 Å². The molecule has 1 saturated heterocycles. The summed E-state index contributed by atoms with van der Waals surface area (Å²) >= 11 is 0. The molecule has 0 amide bonds. The third kappa shape index (κ3) is 2.45. The number of rotatable bonds is 2. The average molecular weight is 167 g/mol. The van der Waals surface area contributed by atoms with E-state index in [9.17, 15) is 0 Å². The monoisotopic (exact) mass is 167 g/mol. The van der Waals surface area contributed by atoms with Crippen molar-refractivity contribution in [2.24, 2.45) is 10.9 Å². The fourth-order valence-electron chi connectivity index (χ4n) is 1.56. The lowest BCUT2D eigenvalue weighted by Crippen LogP contribution is -2.32. The van der Waals surface area contributed by atoms with Crippen LogP contribution in [0.25, 0.3) is 0 Å². The van der Waals surface area contributed by atoms with Crippen LogP contribution >= 0.6 is 0 Å². The zero-order chi connectivity index (χ0) is 8.97. The first-order valence-corrected chi connectivity index (χ1v) is 4.53. The van der Waals surface area contributed by atoms with E-state index in [1.54, 1.807) is 6.20 Å². The van der Waals surface area contributed by atoms with Crippen LogP contribution in [0.1, 0.15) is 26.7 Å². The maximum absolute atomic E-state index is 5.67. The van der Waals surface area contributed by atoms with E-state index in [2.05, 4.69) is 25.4 Å². The summed E-state index contributed by atoms with van der Waals surface area (Å²) in [6.07, 6.45) is 6.55. The Bertz CT molecular complexity index is 177. The highest BCUT2D eigenvalue weighted by Gasteiger charge is 2.23. The number of hydrogen-bond acceptors (Lipinski definition) is 2. The molecule has 0 spiro atoms. The van der Waals surface area contributed by atoms with Crippen LogP contribution in [0.5, 0.6) is 0 Å². The molecule has 0 saturated carbocycles. The summed E-state index contributed by atoms with van der Waals surface area (Å²) in [6.45, 7) is 7.78. The highest BCUT2D eigenvalue weighted by atomic mass is 16.5. The van der Waals surface area contributed by atoms with Crippen LogP contribution in [0.4, 0.5) is 0 Å². The predicted octanol–water partition coefficient (Wildman–Crippen LogP) is 2.40. The Hall–Kier alpha value is -0.630. The van der Waals surface area contributed by atoms with Crippen molar-refractivity contribution in [1.29, 1.82) is 0 Å². The van der Waals surface area contributed by atoms with Gasteiger partial charge in [0.15, 0.2) is 0 Å². The van der Waals surface area contributed by atoms with Gasteiger partial charge in [-0.1, -0.05) is 6.58 Å². The second-order valence-electron chi connectivity index (χ2n) is 3.37.